The molecule has 0 radical (unpaired) electrons. The Balaban J connectivity index is 1.77. The van der Waals surface area contributed by atoms with Gasteiger partial charge in [0.15, 0.2) is 0 Å². The molecule has 22 heavy (non-hydrogen) atoms. The van der Waals surface area contributed by atoms with Gasteiger partial charge in [0.25, 0.3) is 0 Å². The summed E-state index contributed by atoms with van der Waals surface area (Å²) in [7, 11) is 0. The summed E-state index contributed by atoms with van der Waals surface area (Å²) in [4.78, 5) is 15.3. The van der Waals surface area contributed by atoms with Crippen LogP contribution in [-0.2, 0) is 10.4 Å². The zero-order valence-electron chi connectivity index (χ0n) is 13.7. The molecular weight excluding hydrogens is 296 g/mol. The number of nitrogens with one attached hydrogen (secondary N) is 1. The van der Waals surface area contributed by atoms with Crippen LogP contribution in [0.1, 0.15) is 50.8 Å². The quantitative estimate of drug-likeness (QED) is 0.846. The number of thiophene rings is 1. The van der Waals surface area contributed by atoms with E-state index < -0.39 is 5.60 Å². The lowest BCUT2D eigenvalue weighted by Gasteiger charge is -2.26. The van der Waals surface area contributed by atoms with E-state index >= 15 is 0 Å². The van der Waals surface area contributed by atoms with Crippen LogP contribution in [0.2, 0.25) is 0 Å². The summed E-state index contributed by atoms with van der Waals surface area (Å²) < 4.78 is 0. The highest BCUT2D eigenvalue weighted by Gasteiger charge is 2.25. The van der Waals surface area contributed by atoms with Crippen molar-refractivity contribution < 1.29 is 9.90 Å². The van der Waals surface area contributed by atoms with Crippen LogP contribution in [0.4, 0.5) is 0 Å². The second-order valence-corrected chi connectivity index (χ2v) is 7.48. The van der Waals surface area contributed by atoms with Crippen LogP contribution in [0.5, 0.6) is 0 Å². The van der Waals surface area contributed by atoms with Crippen molar-refractivity contribution in [2.24, 2.45) is 0 Å². The average molecular weight is 324 g/mol. The van der Waals surface area contributed by atoms with Crippen molar-refractivity contribution in [2.75, 3.05) is 19.6 Å². The van der Waals surface area contributed by atoms with Crippen LogP contribution in [-0.4, -0.2) is 41.6 Å². The zero-order chi connectivity index (χ0) is 16.0. The Morgan fingerprint density at radius 3 is 2.68 bits per heavy atom. The summed E-state index contributed by atoms with van der Waals surface area (Å²) in [5, 5.41) is 15.8. The fraction of sp³-hybridized carbons (Fsp3) is 0.706. The molecule has 4 nitrogen and oxygen atoms in total. The first-order valence-corrected chi connectivity index (χ1v) is 9.14. The normalized spacial score (nSPS) is 20.2. The maximum Gasteiger partial charge on any atom is 0.224 e. The van der Waals surface area contributed by atoms with Crippen molar-refractivity contribution in [3.63, 3.8) is 0 Å². The molecule has 2 atom stereocenters. The van der Waals surface area contributed by atoms with Gasteiger partial charge in [0.1, 0.15) is 5.60 Å². The van der Waals surface area contributed by atoms with Gasteiger partial charge in [-0.2, -0.15) is 0 Å². The molecule has 1 amide bonds. The van der Waals surface area contributed by atoms with Crippen molar-refractivity contribution in [2.45, 2.75) is 57.6 Å². The van der Waals surface area contributed by atoms with Crippen molar-refractivity contribution in [3.8, 4) is 0 Å². The van der Waals surface area contributed by atoms with Crippen LogP contribution in [0.25, 0.3) is 0 Å². The highest BCUT2D eigenvalue weighted by Crippen LogP contribution is 2.24. The molecule has 1 fully saturated rings. The van der Waals surface area contributed by atoms with Crippen molar-refractivity contribution in [1.29, 1.82) is 0 Å². The van der Waals surface area contributed by atoms with Crippen LogP contribution in [0, 0.1) is 0 Å². The molecule has 1 saturated heterocycles. The lowest BCUT2D eigenvalue weighted by atomic mass is 10.0. The first-order chi connectivity index (χ1) is 10.5. The highest BCUT2D eigenvalue weighted by atomic mass is 32.1. The van der Waals surface area contributed by atoms with Gasteiger partial charge in [0.05, 0.1) is 0 Å². The van der Waals surface area contributed by atoms with E-state index in [1.54, 1.807) is 11.3 Å². The van der Waals surface area contributed by atoms with Gasteiger partial charge in [0.2, 0.25) is 5.91 Å². The Kier molecular flexibility index (Phi) is 6.41. The number of hydrogen-bond acceptors (Lipinski definition) is 4. The van der Waals surface area contributed by atoms with Crippen LogP contribution in [0.3, 0.4) is 0 Å². The van der Waals surface area contributed by atoms with Gasteiger partial charge in [-0.25, -0.2) is 0 Å². The van der Waals surface area contributed by atoms with Crippen molar-refractivity contribution in [1.82, 2.24) is 10.2 Å². The molecule has 2 rings (SSSR count). The van der Waals surface area contributed by atoms with Crippen LogP contribution in [0.15, 0.2) is 17.5 Å². The molecule has 2 heterocycles. The minimum Gasteiger partial charge on any atom is -0.383 e. The molecule has 2 unspecified atom stereocenters. The number of aliphatic hydroxyl groups is 1. The summed E-state index contributed by atoms with van der Waals surface area (Å²) in [6, 6.07) is 3.96. The summed E-state index contributed by atoms with van der Waals surface area (Å²) in [6.07, 6.45) is 5.23. The molecule has 0 aromatic carbocycles. The molecular formula is C17H28N2O2S. The average Bonchev–Trinajstić information content (AvgIpc) is 2.89. The molecule has 0 bridgehead atoms. The summed E-state index contributed by atoms with van der Waals surface area (Å²) >= 11 is 1.56. The van der Waals surface area contributed by atoms with E-state index in [2.05, 4.69) is 5.32 Å². The number of carbonyl (C=O) groups excluding carboxylic acids is 1. The molecule has 1 aliphatic rings. The Morgan fingerprint density at radius 1 is 1.41 bits per heavy atom. The minimum atomic E-state index is -0.881. The Morgan fingerprint density at radius 2 is 2.09 bits per heavy atom. The van der Waals surface area contributed by atoms with Gasteiger partial charge >= 0.3 is 0 Å². The van der Waals surface area contributed by atoms with Gasteiger partial charge in [-0.1, -0.05) is 18.9 Å². The van der Waals surface area contributed by atoms with E-state index in [0.717, 1.165) is 30.8 Å². The van der Waals surface area contributed by atoms with E-state index in [0.29, 0.717) is 13.0 Å². The number of nitrogens with zero attached hydrogens (tertiary/aromatic N) is 1. The Labute approximate surface area is 137 Å². The topological polar surface area (TPSA) is 52.6 Å². The second-order valence-electron chi connectivity index (χ2n) is 6.53. The summed E-state index contributed by atoms with van der Waals surface area (Å²) in [5.41, 5.74) is -0.881. The van der Waals surface area contributed by atoms with Crippen LogP contribution >= 0.6 is 11.3 Å². The first kappa shape index (κ1) is 17.4. The zero-order valence-corrected chi connectivity index (χ0v) is 14.5. The third-order valence-electron chi connectivity index (χ3n) is 4.29. The molecule has 0 saturated carbocycles. The molecule has 0 aliphatic carbocycles. The third kappa shape index (κ3) is 5.07. The van der Waals surface area contributed by atoms with E-state index in [9.17, 15) is 9.90 Å². The monoisotopic (exact) mass is 324 g/mol. The lowest BCUT2D eigenvalue weighted by molar-refractivity contribution is -0.131. The predicted molar refractivity (Wildman–Crippen MR) is 91.0 cm³/mol. The SMILES string of the molecule is CC(CC(=O)N1CCCCCC1)NCC(C)(O)c1cccs1. The molecule has 2 N–H and O–H groups in total. The highest BCUT2D eigenvalue weighted by molar-refractivity contribution is 7.10. The number of likely N-dealkylation sites (tertiary alicyclic amines) is 1. The molecule has 1 aromatic rings. The molecule has 0 spiro atoms. The Bertz CT molecular complexity index is 451. The number of hydrogen-bond donors (Lipinski definition) is 2. The van der Waals surface area contributed by atoms with Crippen molar-refractivity contribution in [3.05, 3.63) is 22.4 Å². The van der Waals surface area contributed by atoms with Crippen molar-refractivity contribution >= 4 is 17.2 Å². The predicted octanol–water partition coefficient (Wildman–Crippen LogP) is 2.73. The second kappa shape index (κ2) is 8.09. The fourth-order valence-electron chi connectivity index (χ4n) is 2.83. The van der Waals surface area contributed by atoms with Gasteiger partial charge in [-0.15, -0.1) is 11.3 Å². The number of carbonyl (C=O) groups is 1. The maximum atomic E-state index is 12.3. The summed E-state index contributed by atoms with van der Waals surface area (Å²) in [5.74, 6) is 0.234. The van der Waals surface area contributed by atoms with E-state index in [1.165, 1.54) is 12.8 Å². The largest absolute Gasteiger partial charge is 0.383 e. The number of amides is 1. The van der Waals surface area contributed by atoms with Gasteiger partial charge in [0, 0.05) is 37.0 Å². The van der Waals surface area contributed by atoms with E-state index in [-0.39, 0.29) is 11.9 Å². The smallest absolute Gasteiger partial charge is 0.224 e. The van der Waals surface area contributed by atoms with E-state index in [1.807, 2.05) is 36.3 Å². The van der Waals surface area contributed by atoms with Gasteiger partial charge in [-0.3, -0.25) is 4.79 Å². The summed E-state index contributed by atoms with van der Waals surface area (Å²) in [6.45, 7) is 6.09. The van der Waals surface area contributed by atoms with E-state index in [4.69, 9.17) is 0 Å². The molecule has 124 valence electrons. The lowest BCUT2D eigenvalue weighted by Crippen LogP contribution is -2.42. The Hall–Kier alpha value is -0.910. The van der Waals surface area contributed by atoms with Crippen LogP contribution < -0.4 is 5.32 Å². The molecule has 5 heteroatoms. The maximum absolute atomic E-state index is 12.3. The minimum absolute atomic E-state index is 0.0715. The molecule has 1 aromatic heterocycles. The standard InChI is InChI=1S/C17H28N2O2S/c1-14(12-16(20)19-9-5-3-4-6-10-19)18-13-17(2,21)15-8-7-11-22-15/h7-8,11,14,18,21H,3-6,9-10,12-13H2,1-2H3. The van der Waals surface area contributed by atoms with Gasteiger partial charge < -0.3 is 15.3 Å². The number of rotatable bonds is 6. The fourth-order valence-corrected chi connectivity index (χ4v) is 3.62. The first-order valence-electron chi connectivity index (χ1n) is 8.26. The third-order valence-corrected chi connectivity index (χ3v) is 5.41. The molecule has 1 aliphatic heterocycles. The van der Waals surface area contributed by atoms with Gasteiger partial charge in [-0.05, 0) is 38.1 Å².